The van der Waals surface area contributed by atoms with Gasteiger partial charge >= 0.3 is 0 Å². The Bertz CT molecular complexity index is 749. The number of hydrogen-bond donors (Lipinski definition) is 0. The molecule has 0 unspecified atom stereocenters. The van der Waals surface area contributed by atoms with E-state index in [-0.39, 0.29) is 20.1 Å². The molecule has 0 fully saturated rings. The summed E-state index contributed by atoms with van der Waals surface area (Å²) in [6.45, 7) is 0. The molecule has 4 rings (SSSR count). The first-order valence-electron chi connectivity index (χ1n) is 4.94. The van der Waals surface area contributed by atoms with Gasteiger partial charge in [-0.2, -0.15) is 0 Å². The third kappa shape index (κ3) is 1.27. The number of aromatic nitrogens is 3. The molecule has 4 aromatic rings. The largest absolute Gasteiger partial charge is 0.452 e. The van der Waals surface area contributed by atoms with E-state index < -0.39 is 0 Å². The SMILES string of the molecule is [Ir].[c-]1ccc2c3ocnc3c3cccnc3n12. The van der Waals surface area contributed by atoms with Gasteiger partial charge in [-0.25, -0.2) is 4.98 Å². The second-order valence-corrected chi connectivity index (χ2v) is 3.59. The summed E-state index contributed by atoms with van der Waals surface area (Å²) in [6.07, 6.45) is 6.34. The molecular formula is C12H6IrN3O-. The smallest absolute Gasteiger partial charge is 0.180 e. The van der Waals surface area contributed by atoms with E-state index in [0.29, 0.717) is 0 Å². The Labute approximate surface area is 110 Å². The molecule has 17 heavy (non-hydrogen) atoms. The van der Waals surface area contributed by atoms with Crippen LogP contribution >= 0.6 is 0 Å². The molecule has 4 nitrogen and oxygen atoms in total. The van der Waals surface area contributed by atoms with E-state index in [0.717, 1.165) is 27.6 Å². The molecule has 0 saturated heterocycles. The van der Waals surface area contributed by atoms with Crippen molar-refractivity contribution in [2.75, 3.05) is 0 Å². The van der Waals surface area contributed by atoms with Crippen LogP contribution in [0.15, 0.2) is 41.3 Å². The molecule has 0 aromatic carbocycles. The Morgan fingerprint density at radius 3 is 3.12 bits per heavy atom. The van der Waals surface area contributed by atoms with Crippen LogP contribution in [-0.2, 0) is 20.1 Å². The van der Waals surface area contributed by atoms with Crippen LogP contribution < -0.4 is 0 Å². The van der Waals surface area contributed by atoms with E-state index in [4.69, 9.17) is 4.42 Å². The zero-order valence-electron chi connectivity index (χ0n) is 8.55. The molecule has 0 aliphatic heterocycles. The maximum absolute atomic E-state index is 5.42. The Morgan fingerprint density at radius 2 is 2.18 bits per heavy atom. The fourth-order valence-electron chi connectivity index (χ4n) is 2.07. The van der Waals surface area contributed by atoms with E-state index in [1.165, 1.54) is 6.39 Å². The van der Waals surface area contributed by atoms with Crippen LogP contribution in [-0.4, -0.2) is 14.4 Å². The summed E-state index contributed by atoms with van der Waals surface area (Å²) in [5.41, 5.74) is 3.42. The molecule has 0 atom stereocenters. The summed E-state index contributed by atoms with van der Waals surface area (Å²) in [7, 11) is 0. The van der Waals surface area contributed by atoms with Gasteiger partial charge in [0, 0.05) is 31.7 Å². The van der Waals surface area contributed by atoms with Crippen LogP contribution in [0.2, 0.25) is 0 Å². The molecule has 0 amide bonds. The first-order chi connectivity index (χ1) is 7.95. The zero-order chi connectivity index (χ0) is 10.5. The summed E-state index contributed by atoms with van der Waals surface area (Å²) in [6, 6.07) is 7.68. The maximum Gasteiger partial charge on any atom is 0.180 e. The molecule has 0 saturated carbocycles. The quantitative estimate of drug-likeness (QED) is 0.426. The normalized spacial score (nSPS) is 11.1. The van der Waals surface area contributed by atoms with Crippen molar-refractivity contribution >= 4 is 27.6 Å². The third-order valence-electron chi connectivity index (χ3n) is 2.74. The first kappa shape index (κ1) is 10.4. The zero-order valence-corrected chi connectivity index (χ0v) is 10.9. The van der Waals surface area contributed by atoms with Crippen molar-refractivity contribution in [3.63, 3.8) is 0 Å². The maximum atomic E-state index is 5.42. The van der Waals surface area contributed by atoms with Crippen molar-refractivity contribution in [1.82, 2.24) is 14.4 Å². The van der Waals surface area contributed by atoms with Gasteiger partial charge in [0.1, 0.15) is 11.1 Å². The van der Waals surface area contributed by atoms with E-state index in [1.807, 2.05) is 28.7 Å². The third-order valence-corrected chi connectivity index (χ3v) is 2.74. The van der Waals surface area contributed by atoms with Gasteiger partial charge in [0.25, 0.3) is 0 Å². The molecule has 0 N–H and O–H groups in total. The molecule has 4 aromatic heterocycles. The number of rotatable bonds is 0. The van der Waals surface area contributed by atoms with Crippen molar-refractivity contribution in [3.05, 3.63) is 43.1 Å². The average Bonchev–Trinajstić information content (AvgIpc) is 2.98. The minimum atomic E-state index is 0. The van der Waals surface area contributed by atoms with E-state index in [9.17, 15) is 0 Å². The minimum absolute atomic E-state index is 0. The van der Waals surface area contributed by atoms with Crippen molar-refractivity contribution in [3.8, 4) is 0 Å². The van der Waals surface area contributed by atoms with Crippen molar-refractivity contribution < 1.29 is 24.5 Å². The van der Waals surface area contributed by atoms with Crippen LogP contribution in [0.4, 0.5) is 0 Å². The van der Waals surface area contributed by atoms with Crippen LogP contribution in [0.1, 0.15) is 0 Å². The summed E-state index contributed by atoms with van der Waals surface area (Å²) < 4.78 is 7.31. The topological polar surface area (TPSA) is 43.3 Å². The number of nitrogens with zero attached hydrogens (tertiary/aromatic N) is 3. The van der Waals surface area contributed by atoms with Crippen molar-refractivity contribution in [2.24, 2.45) is 0 Å². The van der Waals surface area contributed by atoms with Crippen molar-refractivity contribution in [2.45, 2.75) is 0 Å². The Hall–Kier alpha value is -1.71. The van der Waals surface area contributed by atoms with Crippen molar-refractivity contribution in [1.29, 1.82) is 0 Å². The summed E-state index contributed by atoms with van der Waals surface area (Å²) in [5, 5.41) is 0.978. The molecular weight excluding hydrogens is 394 g/mol. The van der Waals surface area contributed by atoms with Gasteiger partial charge in [-0.05, 0) is 11.6 Å². The van der Waals surface area contributed by atoms with Gasteiger partial charge in [-0.1, -0.05) is 12.3 Å². The van der Waals surface area contributed by atoms with E-state index in [2.05, 4.69) is 16.2 Å². The molecule has 85 valence electrons. The second-order valence-electron chi connectivity index (χ2n) is 3.59. The predicted octanol–water partition coefficient (Wildman–Crippen LogP) is 2.43. The van der Waals surface area contributed by atoms with Gasteiger partial charge in [0.05, 0.1) is 5.65 Å². The predicted molar refractivity (Wildman–Crippen MR) is 59.1 cm³/mol. The summed E-state index contributed by atoms with van der Waals surface area (Å²) >= 11 is 0. The Kier molecular flexibility index (Phi) is 2.24. The molecule has 0 aliphatic carbocycles. The molecule has 0 bridgehead atoms. The first-order valence-corrected chi connectivity index (χ1v) is 4.94. The van der Waals surface area contributed by atoms with Crippen LogP contribution in [0.5, 0.6) is 0 Å². The molecule has 0 spiro atoms. The molecule has 5 heteroatoms. The monoisotopic (exact) mass is 401 g/mol. The van der Waals surface area contributed by atoms with E-state index >= 15 is 0 Å². The van der Waals surface area contributed by atoms with Crippen LogP contribution in [0, 0.1) is 6.20 Å². The minimum Gasteiger partial charge on any atom is -0.452 e. The van der Waals surface area contributed by atoms with Gasteiger partial charge in [0.15, 0.2) is 6.39 Å². The molecule has 1 radical (unpaired) electrons. The number of hydrogen-bond acceptors (Lipinski definition) is 3. The van der Waals surface area contributed by atoms with Gasteiger partial charge in [-0.3, -0.25) is 4.98 Å². The van der Waals surface area contributed by atoms with Crippen LogP contribution in [0.25, 0.3) is 27.6 Å². The van der Waals surface area contributed by atoms with E-state index in [1.54, 1.807) is 6.20 Å². The number of pyridine rings is 2. The molecule has 4 heterocycles. The number of fused-ring (bicyclic) bond motifs is 6. The van der Waals surface area contributed by atoms with Gasteiger partial charge in [-0.15, -0.1) is 12.1 Å². The second kappa shape index (κ2) is 3.65. The fraction of sp³-hybridized carbons (Fsp3) is 0. The number of oxazole rings is 1. The van der Waals surface area contributed by atoms with Gasteiger partial charge in [0.2, 0.25) is 0 Å². The van der Waals surface area contributed by atoms with Gasteiger partial charge < -0.3 is 8.82 Å². The Balaban J connectivity index is 0.000000902. The average molecular weight is 400 g/mol. The van der Waals surface area contributed by atoms with Crippen LogP contribution in [0.3, 0.4) is 0 Å². The standard InChI is InChI=1S/C12H6N3O.Ir/c1-3-8-10-11(16-7-14-10)9-4-2-6-15(9)12(8)13-5-1;/h1-5,7H;/q-1;. The Morgan fingerprint density at radius 1 is 1.24 bits per heavy atom. The summed E-state index contributed by atoms with van der Waals surface area (Å²) in [5.74, 6) is 0. The molecule has 0 aliphatic rings. The fourth-order valence-corrected chi connectivity index (χ4v) is 2.07. The summed E-state index contributed by atoms with van der Waals surface area (Å²) in [4.78, 5) is 8.60.